The summed E-state index contributed by atoms with van der Waals surface area (Å²) in [5, 5.41) is 0. The molecule has 0 bridgehead atoms. The maximum Gasteiger partial charge on any atom is 0.416 e. The smallest absolute Gasteiger partial charge is 0.166 e. The van der Waals surface area contributed by atoms with Crippen molar-refractivity contribution in [2.45, 2.75) is 12.4 Å². The number of hydrogen-bond donors (Lipinski definition) is 0. The molecule has 0 saturated carbocycles. The van der Waals surface area contributed by atoms with E-state index < -0.39 is 23.5 Å². The Hall–Kier alpha value is -1.89. The molecule has 116 valence electrons. The van der Waals surface area contributed by atoms with E-state index in [0.29, 0.717) is 11.1 Å². The standard InChI is InChI=1S/C15H8F6S/c16-14(17,18)11-5-1-9(2-6-11)13(22)10-3-7-12(8-4-10)15(19,20)21/h1-8H. The quantitative estimate of drug-likeness (QED) is 0.397. The summed E-state index contributed by atoms with van der Waals surface area (Å²) in [4.78, 5) is 0.183. The third kappa shape index (κ3) is 3.65. The first-order valence-electron chi connectivity index (χ1n) is 5.98. The first-order chi connectivity index (χ1) is 10.1. The van der Waals surface area contributed by atoms with E-state index >= 15 is 0 Å². The molecule has 0 fully saturated rings. The zero-order valence-corrected chi connectivity index (χ0v) is 11.6. The first kappa shape index (κ1) is 16.5. The van der Waals surface area contributed by atoms with Crippen LogP contribution < -0.4 is 0 Å². The predicted molar refractivity (Wildman–Crippen MR) is 73.7 cm³/mol. The summed E-state index contributed by atoms with van der Waals surface area (Å²) >= 11 is 5.10. The van der Waals surface area contributed by atoms with Gasteiger partial charge < -0.3 is 0 Å². The lowest BCUT2D eigenvalue weighted by Gasteiger charge is -2.10. The molecule has 0 radical (unpaired) electrons. The summed E-state index contributed by atoms with van der Waals surface area (Å²) in [7, 11) is 0. The molecule has 0 unspecified atom stereocenters. The molecule has 0 aliphatic carbocycles. The summed E-state index contributed by atoms with van der Waals surface area (Å²) in [5.74, 6) is 0. The van der Waals surface area contributed by atoms with Gasteiger partial charge in [0.15, 0.2) is 0 Å². The van der Waals surface area contributed by atoms with Gasteiger partial charge in [-0.2, -0.15) is 26.3 Å². The Morgan fingerprint density at radius 2 is 0.864 bits per heavy atom. The molecule has 7 heteroatoms. The molecule has 0 atom stereocenters. The van der Waals surface area contributed by atoms with E-state index in [0.717, 1.165) is 24.3 Å². The zero-order chi connectivity index (χ0) is 16.5. The first-order valence-corrected chi connectivity index (χ1v) is 6.39. The number of rotatable bonds is 2. The lowest BCUT2D eigenvalue weighted by molar-refractivity contribution is -0.138. The van der Waals surface area contributed by atoms with Crippen molar-refractivity contribution in [3.8, 4) is 0 Å². The van der Waals surface area contributed by atoms with Crippen LogP contribution in [0, 0.1) is 0 Å². The molecule has 0 aliphatic heterocycles. The van der Waals surface area contributed by atoms with Gasteiger partial charge in [0.2, 0.25) is 0 Å². The van der Waals surface area contributed by atoms with Crippen molar-refractivity contribution in [2.75, 3.05) is 0 Å². The lowest BCUT2D eigenvalue weighted by Crippen LogP contribution is -2.07. The molecule has 2 aromatic carbocycles. The SMILES string of the molecule is FC(F)(F)c1ccc(C(=S)c2ccc(C(F)(F)F)cc2)cc1. The molecule has 0 saturated heterocycles. The molecule has 22 heavy (non-hydrogen) atoms. The van der Waals surface area contributed by atoms with Crippen LogP contribution in [0.15, 0.2) is 48.5 Å². The van der Waals surface area contributed by atoms with Crippen molar-refractivity contribution < 1.29 is 26.3 Å². The molecular weight excluding hydrogens is 326 g/mol. The van der Waals surface area contributed by atoms with Gasteiger partial charge in [-0.3, -0.25) is 0 Å². The number of alkyl halides is 6. The highest BCUT2D eigenvalue weighted by Crippen LogP contribution is 2.31. The highest BCUT2D eigenvalue weighted by atomic mass is 32.1. The van der Waals surface area contributed by atoms with Gasteiger partial charge in [-0.15, -0.1) is 0 Å². The fourth-order valence-corrected chi connectivity index (χ4v) is 2.06. The van der Waals surface area contributed by atoms with Crippen LogP contribution in [0.25, 0.3) is 0 Å². The zero-order valence-electron chi connectivity index (χ0n) is 10.8. The highest BCUT2D eigenvalue weighted by Gasteiger charge is 2.31. The van der Waals surface area contributed by atoms with Crippen LogP contribution in [-0.2, 0) is 12.4 Å². The van der Waals surface area contributed by atoms with Gasteiger partial charge in [-0.05, 0) is 35.4 Å². The van der Waals surface area contributed by atoms with Crippen molar-refractivity contribution in [1.82, 2.24) is 0 Å². The van der Waals surface area contributed by atoms with Crippen LogP contribution in [0.1, 0.15) is 22.3 Å². The summed E-state index contributed by atoms with van der Waals surface area (Å²) < 4.78 is 74.8. The molecule has 0 heterocycles. The van der Waals surface area contributed by atoms with Gasteiger partial charge >= 0.3 is 12.4 Å². The Morgan fingerprint density at radius 3 is 1.09 bits per heavy atom. The summed E-state index contributed by atoms with van der Waals surface area (Å²) in [6.07, 6.45) is -8.90. The van der Waals surface area contributed by atoms with E-state index in [4.69, 9.17) is 12.2 Å². The van der Waals surface area contributed by atoms with Gasteiger partial charge in [0.25, 0.3) is 0 Å². The fraction of sp³-hybridized carbons (Fsp3) is 0.133. The van der Waals surface area contributed by atoms with Crippen LogP contribution in [0.3, 0.4) is 0 Å². The third-order valence-electron chi connectivity index (χ3n) is 2.95. The molecule has 0 N–H and O–H groups in total. The predicted octanol–water partition coefficient (Wildman–Crippen LogP) is 5.49. The lowest BCUT2D eigenvalue weighted by atomic mass is 10.0. The van der Waals surface area contributed by atoms with Gasteiger partial charge in [-0.1, -0.05) is 36.5 Å². The monoisotopic (exact) mass is 334 g/mol. The van der Waals surface area contributed by atoms with Crippen molar-refractivity contribution >= 4 is 17.1 Å². The molecule has 2 aromatic rings. The van der Waals surface area contributed by atoms with Crippen molar-refractivity contribution in [1.29, 1.82) is 0 Å². The average molecular weight is 334 g/mol. The van der Waals surface area contributed by atoms with Crippen LogP contribution in [0.4, 0.5) is 26.3 Å². The fourth-order valence-electron chi connectivity index (χ4n) is 1.79. The normalized spacial score (nSPS) is 12.3. The van der Waals surface area contributed by atoms with E-state index in [1.807, 2.05) is 0 Å². The van der Waals surface area contributed by atoms with Crippen molar-refractivity contribution in [2.24, 2.45) is 0 Å². The minimum Gasteiger partial charge on any atom is -0.166 e. The van der Waals surface area contributed by atoms with E-state index in [1.54, 1.807) is 0 Å². The molecule has 0 aliphatic rings. The van der Waals surface area contributed by atoms with Crippen LogP contribution >= 0.6 is 12.2 Å². The molecule has 2 rings (SSSR count). The Bertz CT molecular complexity index is 606. The van der Waals surface area contributed by atoms with E-state index in [2.05, 4.69) is 0 Å². The van der Waals surface area contributed by atoms with Crippen molar-refractivity contribution in [3.63, 3.8) is 0 Å². The Balaban J connectivity index is 2.25. The minimum absolute atomic E-state index is 0.183. The van der Waals surface area contributed by atoms with Crippen LogP contribution in [0.5, 0.6) is 0 Å². The van der Waals surface area contributed by atoms with Gasteiger partial charge in [-0.25, -0.2) is 0 Å². The van der Waals surface area contributed by atoms with Gasteiger partial charge in [0, 0.05) is 0 Å². The molecule has 0 amide bonds. The van der Waals surface area contributed by atoms with Crippen molar-refractivity contribution in [3.05, 3.63) is 70.8 Å². The maximum atomic E-state index is 12.5. The van der Waals surface area contributed by atoms with E-state index in [1.165, 1.54) is 24.3 Å². The van der Waals surface area contributed by atoms with Crippen LogP contribution in [-0.4, -0.2) is 4.86 Å². The Kier molecular flexibility index (Phi) is 4.28. The second-order valence-corrected chi connectivity index (χ2v) is 4.89. The second kappa shape index (κ2) is 5.72. The second-order valence-electron chi connectivity index (χ2n) is 4.48. The maximum absolute atomic E-state index is 12.5. The molecule has 0 spiro atoms. The largest absolute Gasteiger partial charge is 0.416 e. The molecule has 0 aromatic heterocycles. The molecule has 0 nitrogen and oxygen atoms in total. The third-order valence-corrected chi connectivity index (χ3v) is 3.42. The number of benzene rings is 2. The highest BCUT2D eigenvalue weighted by molar-refractivity contribution is 7.81. The van der Waals surface area contributed by atoms with E-state index in [-0.39, 0.29) is 4.86 Å². The molecular formula is C15H8F6S. The van der Waals surface area contributed by atoms with Crippen LogP contribution in [0.2, 0.25) is 0 Å². The number of halogens is 6. The van der Waals surface area contributed by atoms with Gasteiger partial charge in [0.1, 0.15) is 0 Å². The van der Waals surface area contributed by atoms with Gasteiger partial charge in [0.05, 0.1) is 16.0 Å². The Morgan fingerprint density at radius 1 is 0.591 bits per heavy atom. The topological polar surface area (TPSA) is 0 Å². The number of thiocarbonyl (C=S) groups is 1. The minimum atomic E-state index is -4.45. The average Bonchev–Trinajstić information content (AvgIpc) is 2.45. The summed E-state index contributed by atoms with van der Waals surface area (Å²) in [6.45, 7) is 0. The summed E-state index contributed by atoms with van der Waals surface area (Å²) in [5.41, 5.74) is -0.955. The van der Waals surface area contributed by atoms with E-state index in [9.17, 15) is 26.3 Å². The number of hydrogen-bond acceptors (Lipinski definition) is 1. The summed E-state index contributed by atoms with van der Waals surface area (Å²) in [6, 6.07) is 8.31. The Labute approximate surface area is 127 Å².